The van der Waals surface area contributed by atoms with Gasteiger partial charge in [-0.3, -0.25) is 0 Å². The average molecular weight is 497 g/mol. The third kappa shape index (κ3) is 5.87. The van der Waals surface area contributed by atoms with Crippen LogP contribution in [0.25, 0.3) is 10.9 Å². The van der Waals surface area contributed by atoms with Gasteiger partial charge in [0.2, 0.25) is 0 Å². The molecule has 188 valence electrons. The number of alkyl halides is 6. The molecule has 3 aromatic rings. The molecule has 0 radical (unpaired) electrons. The van der Waals surface area contributed by atoms with Crippen LogP contribution in [0, 0.1) is 0 Å². The molecule has 2 N–H and O–H groups in total. The van der Waals surface area contributed by atoms with Gasteiger partial charge in [0.15, 0.2) is 0 Å². The molecule has 35 heavy (non-hydrogen) atoms. The number of aliphatic hydroxyl groups is 1. The second-order valence-electron chi connectivity index (χ2n) is 8.66. The smallest absolute Gasteiger partial charge is 0.387 e. The topological polar surface area (TPSA) is 48.4 Å². The van der Waals surface area contributed by atoms with Crippen LogP contribution in [0.4, 0.5) is 32.0 Å². The number of fused-ring (bicyclic) bond motifs is 1. The molecule has 4 nitrogen and oxygen atoms in total. The highest BCUT2D eigenvalue weighted by Gasteiger charge is 2.38. The van der Waals surface area contributed by atoms with Gasteiger partial charge in [0.1, 0.15) is 5.69 Å². The fourth-order valence-electron chi connectivity index (χ4n) is 4.40. The van der Waals surface area contributed by atoms with Gasteiger partial charge in [0.05, 0.1) is 17.2 Å². The van der Waals surface area contributed by atoms with Crippen molar-refractivity contribution in [1.82, 2.24) is 10.3 Å². The van der Waals surface area contributed by atoms with Gasteiger partial charge in [0.25, 0.3) is 0 Å². The fraction of sp³-hybridized carbons (Fsp3) is 0.400. The van der Waals surface area contributed by atoms with Crippen LogP contribution in [0.3, 0.4) is 0 Å². The van der Waals surface area contributed by atoms with Gasteiger partial charge < -0.3 is 15.3 Å². The number of hydrogen-bond donors (Lipinski definition) is 2. The first-order valence-corrected chi connectivity index (χ1v) is 11.3. The third-order valence-electron chi connectivity index (χ3n) is 6.12. The van der Waals surface area contributed by atoms with E-state index in [0.29, 0.717) is 18.7 Å². The Kier molecular flexibility index (Phi) is 7.23. The van der Waals surface area contributed by atoms with E-state index in [4.69, 9.17) is 0 Å². The molecule has 1 saturated heterocycles. The maximum Gasteiger partial charge on any atom is 0.433 e. The summed E-state index contributed by atoms with van der Waals surface area (Å²) in [4.78, 5) is 5.55. The van der Waals surface area contributed by atoms with Gasteiger partial charge in [-0.05, 0) is 54.7 Å². The Bertz CT molecular complexity index is 1170. The maximum absolute atomic E-state index is 13.4. The zero-order chi connectivity index (χ0) is 25.2. The molecule has 0 aliphatic carbocycles. The summed E-state index contributed by atoms with van der Waals surface area (Å²) in [6, 6.07) is 11.5. The Hall–Kier alpha value is -2.85. The van der Waals surface area contributed by atoms with E-state index in [2.05, 4.69) is 15.2 Å². The summed E-state index contributed by atoms with van der Waals surface area (Å²) < 4.78 is 80.5. The molecule has 1 atom stereocenters. The predicted octanol–water partition coefficient (Wildman–Crippen LogP) is 6.09. The molecule has 0 bridgehead atoms. The highest BCUT2D eigenvalue weighted by atomic mass is 19.4. The lowest BCUT2D eigenvalue weighted by Gasteiger charge is -2.29. The molecule has 0 saturated carbocycles. The van der Waals surface area contributed by atoms with Crippen molar-refractivity contribution in [3.05, 3.63) is 70.9 Å². The molecular formula is C25H25F6N3O. The zero-order valence-corrected chi connectivity index (χ0v) is 18.8. The number of para-hydroxylation sites is 1. The van der Waals surface area contributed by atoms with E-state index in [0.717, 1.165) is 43.2 Å². The number of aromatic nitrogens is 1. The van der Waals surface area contributed by atoms with E-state index < -0.39 is 35.2 Å². The highest BCUT2D eigenvalue weighted by Crippen LogP contribution is 2.38. The quantitative estimate of drug-likeness (QED) is 0.405. The molecule has 0 amide bonds. The summed E-state index contributed by atoms with van der Waals surface area (Å²) in [6.45, 7) is 2.14. The minimum Gasteiger partial charge on any atom is -0.387 e. The number of pyridine rings is 1. The first kappa shape index (κ1) is 25.2. The zero-order valence-electron chi connectivity index (χ0n) is 18.8. The van der Waals surface area contributed by atoms with Crippen LogP contribution in [0.1, 0.15) is 47.8 Å². The van der Waals surface area contributed by atoms with E-state index in [9.17, 15) is 31.4 Å². The molecule has 1 fully saturated rings. The number of piperidine rings is 1. The molecule has 2 aromatic carbocycles. The van der Waals surface area contributed by atoms with Gasteiger partial charge in [-0.2, -0.15) is 26.3 Å². The summed E-state index contributed by atoms with van der Waals surface area (Å²) in [5.74, 6) is 0. The van der Waals surface area contributed by atoms with Crippen molar-refractivity contribution in [1.29, 1.82) is 0 Å². The Labute approximate surface area is 198 Å². The normalized spacial score (nSPS) is 16.0. The second-order valence-corrected chi connectivity index (χ2v) is 8.66. The number of aliphatic hydroxyl groups excluding tert-OH is 1. The van der Waals surface area contributed by atoms with E-state index in [1.54, 1.807) is 0 Å². The minimum atomic E-state index is -4.97. The lowest BCUT2D eigenvalue weighted by molar-refractivity contribution is -0.142. The summed E-state index contributed by atoms with van der Waals surface area (Å²) in [5.41, 5.74) is -1.85. The van der Waals surface area contributed by atoms with Crippen LogP contribution >= 0.6 is 0 Å². The Morgan fingerprint density at radius 3 is 2.31 bits per heavy atom. The van der Waals surface area contributed by atoms with E-state index >= 15 is 0 Å². The summed E-state index contributed by atoms with van der Waals surface area (Å²) in [7, 11) is 0. The first-order chi connectivity index (χ1) is 16.5. The minimum absolute atomic E-state index is 0.152. The van der Waals surface area contributed by atoms with Gasteiger partial charge in [-0.15, -0.1) is 0 Å². The van der Waals surface area contributed by atoms with Gasteiger partial charge in [-0.25, -0.2) is 4.98 Å². The van der Waals surface area contributed by atoms with Gasteiger partial charge in [0, 0.05) is 37.3 Å². The second kappa shape index (κ2) is 10.0. The van der Waals surface area contributed by atoms with Crippen molar-refractivity contribution in [2.45, 2.75) is 44.3 Å². The monoisotopic (exact) mass is 497 g/mol. The largest absolute Gasteiger partial charge is 0.433 e. The number of halogens is 6. The molecule has 0 spiro atoms. The SMILES string of the molecule is OC(CNCc1cccc(N2CCCCC2)c1)c1cc(C(F)(F)F)nc2c(C(F)(F)F)cccc12. The van der Waals surface area contributed by atoms with Crippen molar-refractivity contribution in [2.24, 2.45) is 0 Å². The third-order valence-corrected chi connectivity index (χ3v) is 6.12. The first-order valence-electron chi connectivity index (χ1n) is 11.3. The van der Waals surface area contributed by atoms with Crippen molar-refractivity contribution in [3.8, 4) is 0 Å². The fourth-order valence-corrected chi connectivity index (χ4v) is 4.40. The number of nitrogens with one attached hydrogen (secondary N) is 1. The summed E-state index contributed by atoms with van der Waals surface area (Å²) in [5, 5.41) is 13.5. The molecule has 1 aliphatic heterocycles. The van der Waals surface area contributed by atoms with Gasteiger partial charge >= 0.3 is 12.4 Å². The molecule has 1 aliphatic rings. The summed E-state index contributed by atoms with van der Waals surface area (Å²) in [6.07, 6.45) is -7.87. The van der Waals surface area contributed by atoms with Crippen LogP contribution in [-0.2, 0) is 18.9 Å². The van der Waals surface area contributed by atoms with Crippen LogP contribution in [0.5, 0.6) is 0 Å². The number of rotatable bonds is 6. The Morgan fingerprint density at radius 2 is 1.63 bits per heavy atom. The van der Waals surface area contributed by atoms with Crippen molar-refractivity contribution in [2.75, 3.05) is 24.5 Å². The molecule has 2 heterocycles. The lowest BCUT2D eigenvalue weighted by Crippen LogP contribution is -2.29. The number of anilines is 1. The van der Waals surface area contributed by atoms with Gasteiger partial charge in [-0.1, -0.05) is 24.3 Å². The van der Waals surface area contributed by atoms with Crippen molar-refractivity contribution in [3.63, 3.8) is 0 Å². The van der Waals surface area contributed by atoms with Crippen LogP contribution in [0.2, 0.25) is 0 Å². The van der Waals surface area contributed by atoms with Crippen LogP contribution < -0.4 is 10.2 Å². The van der Waals surface area contributed by atoms with Crippen LogP contribution in [0.15, 0.2) is 48.5 Å². The predicted molar refractivity (Wildman–Crippen MR) is 121 cm³/mol. The number of hydrogen-bond acceptors (Lipinski definition) is 4. The van der Waals surface area contributed by atoms with Crippen molar-refractivity contribution >= 4 is 16.6 Å². The summed E-state index contributed by atoms with van der Waals surface area (Å²) >= 11 is 0. The Morgan fingerprint density at radius 1 is 0.914 bits per heavy atom. The molecule has 1 aromatic heterocycles. The van der Waals surface area contributed by atoms with Crippen molar-refractivity contribution < 1.29 is 31.4 Å². The molecule has 10 heteroatoms. The molecule has 1 unspecified atom stereocenters. The maximum atomic E-state index is 13.4. The highest BCUT2D eigenvalue weighted by molar-refractivity contribution is 5.86. The molecule has 4 rings (SSSR count). The number of benzene rings is 2. The molecular weight excluding hydrogens is 472 g/mol. The van der Waals surface area contributed by atoms with E-state index in [1.807, 2.05) is 24.3 Å². The standard InChI is InChI=1S/C25H25F6N3O/c26-24(27,28)20-9-5-8-18-19(13-22(25(29,30)31)33-23(18)20)21(35)15-32-14-16-6-4-7-17(12-16)34-10-2-1-3-11-34/h4-9,12-13,21,32,35H,1-3,10-11,14-15H2. The Balaban J connectivity index is 1.55. The van der Waals surface area contributed by atoms with E-state index in [-0.39, 0.29) is 17.5 Å². The average Bonchev–Trinajstić information content (AvgIpc) is 2.82. The number of nitrogens with zero attached hydrogens (tertiary/aromatic N) is 2. The van der Waals surface area contributed by atoms with E-state index in [1.165, 1.54) is 12.5 Å². The van der Waals surface area contributed by atoms with Crippen LogP contribution in [-0.4, -0.2) is 29.7 Å². The lowest BCUT2D eigenvalue weighted by atomic mass is 9.99.